The number of carboxylic acid groups (broad SMARTS) is 1. The number of ether oxygens (including phenoxy) is 1. The molecule has 1 atom stereocenters. The molecule has 0 aromatic heterocycles. The van der Waals surface area contributed by atoms with E-state index in [1.54, 1.807) is 20.8 Å². The van der Waals surface area contributed by atoms with Gasteiger partial charge in [-0.3, -0.25) is 9.80 Å². The van der Waals surface area contributed by atoms with Crippen LogP contribution < -0.4 is 0 Å². The van der Waals surface area contributed by atoms with Gasteiger partial charge in [0.15, 0.2) is 0 Å². The first kappa shape index (κ1) is 18.5. The van der Waals surface area contributed by atoms with Crippen molar-refractivity contribution in [1.29, 1.82) is 0 Å². The molecule has 1 heterocycles. The molecule has 132 valence electrons. The van der Waals surface area contributed by atoms with Crippen LogP contribution in [0.4, 0.5) is 4.79 Å². The predicted molar refractivity (Wildman–Crippen MR) is 91.1 cm³/mol. The van der Waals surface area contributed by atoms with E-state index in [9.17, 15) is 14.7 Å². The normalized spacial score (nSPS) is 19.2. The van der Waals surface area contributed by atoms with Gasteiger partial charge in [-0.2, -0.15) is 0 Å². The van der Waals surface area contributed by atoms with Crippen LogP contribution in [0.5, 0.6) is 0 Å². The fraction of sp³-hybridized carbons (Fsp3) is 0.529. The van der Waals surface area contributed by atoms with Crippen LogP contribution in [0.2, 0.25) is 5.02 Å². The number of carbonyl (C=O) groups excluding carboxylic acids is 1. The van der Waals surface area contributed by atoms with E-state index in [1.165, 1.54) is 4.90 Å². The summed E-state index contributed by atoms with van der Waals surface area (Å²) in [4.78, 5) is 27.1. The zero-order valence-electron chi connectivity index (χ0n) is 14.2. The van der Waals surface area contributed by atoms with E-state index in [-0.39, 0.29) is 6.54 Å². The van der Waals surface area contributed by atoms with Crippen molar-refractivity contribution in [1.82, 2.24) is 9.80 Å². The van der Waals surface area contributed by atoms with Gasteiger partial charge in [0.05, 0.1) is 0 Å². The number of piperazine rings is 1. The molecular formula is C17H23ClN2O4. The van der Waals surface area contributed by atoms with Gasteiger partial charge in [-0.15, -0.1) is 0 Å². The number of amides is 1. The third-order valence-electron chi connectivity index (χ3n) is 3.70. The van der Waals surface area contributed by atoms with E-state index in [2.05, 4.69) is 0 Å². The largest absolute Gasteiger partial charge is 0.480 e. The molecule has 0 unspecified atom stereocenters. The molecule has 0 bridgehead atoms. The van der Waals surface area contributed by atoms with Crippen LogP contribution in [0, 0.1) is 0 Å². The maximum absolute atomic E-state index is 12.2. The summed E-state index contributed by atoms with van der Waals surface area (Å²) in [5.41, 5.74) is 0.398. The summed E-state index contributed by atoms with van der Waals surface area (Å²) >= 11 is 5.88. The lowest BCUT2D eigenvalue weighted by molar-refractivity contribution is -0.145. The van der Waals surface area contributed by atoms with E-state index in [4.69, 9.17) is 16.3 Å². The molecule has 1 aromatic carbocycles. The molecule has 0 radical (unpaired) electrons. The number of aliphatic carboxylic acids is 1. The Kier molecular flexibility index (Phi) is 5.72. The van der Waals surface area contributed by atoms with Crippen LogP contribution in [0.1, 0.15) is 26.3 Å². The Morgan fingerprint density at radius 2 is 1.88 bits per heavy atom. The second-order valence-corrected chi connectivity index (χ2v) is 7.33. The molecule has 0 aliphatic carbocycles. The van der Waals surface area contributed by atoms with Crippen molar-refractivity contribution < 1.29 is 19.4 Å². The third-order valence-corrected chi connectivity index (χ3v) is 3.95. The molecule has 1 saturated heterocycles. The lowest BCUT2D eigenvalue weighted by atomic mass is 10.1. The fourth-order valence-corrected chi connectivity index (χ4v) is 2.71. The minimum Gasteiger partial charge on any atom is -0.480 e. The quantitative estimate of drug-likeness (QED) is 0.903. The maximum atomic E-state index is 12.2. The first-order valence-electron chi connectivity index (χ1n) is 7.85. The standard InChI is InChI=1S/C17H23ClN2O4/c1-17(2,3)24-16(23)20-9-8-19(11-14(20)15(21)22)10-12-4-6-13(18)7-5-12/h4-7,14H,8-11H2,1-3H3,(H,21,22)/t14-/m0/s1. The number of halogens is 1. The Hall–Kier alpha value is -1.79. The minimum absolute atomic E-state index is 0.261. The molecule has 0 saturated carbocycles. The van der Waals surface area contributed by atoms with Crippen molar-refractivity contribution in [2.24, 2.45) is 0 Å². The number of nitrogens with zero attached hydrogens (tertiary/aromatic N) is 2. The van der Waals surface area contributed by atoms with Crippen molar-refractivity contribution in [3.05, 3.63) is 34.9 Å². The van der Waals surface area contributed by atoms with Gasteiger partial charge in [0.1, 0.15) is 11.6 Å². The lowest BCUT2D eigenvalue weighted by Gasteiger charge is -2.39. The molecule has 1 fully saturated rings. The Bertz CT molecular complexity index is 598. The van der Waals surface area contributed by atoms with Crippen molar-refractivity contribution >= 4 is 23.7 Å². The zero-order valence-corrected chi connectivity index (χ0v) is 14.9. The second kappa shape index (κ2) is 7.40. The number of carbonyl (C=O) groups is 2. The van der Waals surface area contributed by atoms with Gasteiger partial charge in [0.25, 0.3) is 0 Å². The molecule has 0 spiro atoms. The SMILES string of the molecule is CC(C)(C)OC(=O)N1CCN(Cc2ccc(Cl)cc2)C[C@H]1C(=O)O. The monoisotopic (exact) mass is 354 g/mol. The van der Waals surface area contributed by atoms with Crippen molar-refractivity contribution in [3.8, 4) is 0 Å². The summed E-state index contributed by atoms with van der Waals surface area (Å²) < 4.78 is 5.31. The van der Waals surface area contributed by atoms with Gasteiger partial charge in [0, 0.05) is 31.2 Å². The summed E-state index contributed by atoms with van der Waals surface area (Å²) in [5.74, 6) is -1.03. The first-order valence-corrected chi connectivity index (χ1v) is 8.23. The lowest BCUT2D eigenvalue weighted by Crippen LogP contribution is -2.58. The van der Waals surface area contributed by atoms with E-state index in [0.717, 1.165) is 5.56 Å². The molecule has 7 heteroatoms. The summed E-state index contributed by atoms with van der Waals surface area (Å²) in [6.45, 7) is 7.07. The molecule has 1 aliphatic heterocycles. The van der Waals surface area contributed by atoms with Gasteiger partial charge in [-0.05, 0) is 38.5 Å². The number of rotatable bonds is 3. The topological polar surface area (TPSA) is 70.1 Å². The van der Waals surface area contributed by atoms with Gasteiger partial charge < -0.3 is 9.84 Å². The van der Waals surface area contributed by atoms with Crippen molar-refractivity contribution in [2.75, 3.05) is 19.6 Å². The maximum Gasteiger partial charge on any atom is 0.411 e. The highest BCUT2D eigenvalue weighted by Crippen LogP contribution is 2.18. The second-order valence-electron chi connectivity index (χ2n) is 6.89. The number of benzene rings is 1. The minimum atomic E-state index is -1.03. The Balaban J connectivity index is 2.03. The molecule has 1 aliphatic rings. The Labute approximate surface area is 146 Å². The van der Waals surface area contributed by atoms with Crippen LogP contribution in [-0.2, 0) is 16.1 Å². The van der Waals surface area contributed by atoms with Crippen LogP contribution in [0.3, 0.4) is 0 Å². The molecule has 1 amide bonds. The van der Waals surface area contributed by atoms with Crippen molar-refractivity contribution in [2.45, 2.75) is 39.0 Å². The zero-order chi connectivity index (χ0) is 17.9. The highest BCUT2D eigenvalue weighted by molar-refractivity contribution is 6.30. The Morgan fingerprint density at radius 3 is 2.42 bits per heavy atom. The Morgan fingerprint density at radius 1 is 1.25 bits per heavy atom. The van der Waals surface area contributed by atoms with Gasteiger partial charge in [-0.1, -0.05) is 23.7 Å². The molecule has 24 heavy (non-hydrogen) atoms. The number of hydrogen-bond donors (Lipinski definition) is 1. The van der Waals surface area contributed by atoms with E-state index >= 15 is 0 Å². The molecule has 6 nitrogen and oxygen atoms in total. The fourth-order valence-electron chi connectivity index (χ4n) is 2.58. The smallest absolute Gasteiger partial charge is 0.411 e. The average molecular weight is 355 g/mol. The molecule has 2 rings (SSSR count). The van der Waals surface area contributed by atoms with Crippen LogP contribution in [-0.4, -0.2) is 58.2 Å². The van der Waals surface area contributed by atoms with Crippen LogP contribution in [0.15, 0.2) is 24.3 Å². The molecule has 1 N–H and O–H groups in total. The average Bonchev–Trinajstić information content (AvgIpc) is 2.47. The van der Waals surface area contributed by atoms with E-state index in [1.807, 2.05) is 29.2 Å². The molecular weight excluding hydrogens is 332 g/mol. The summed E-state index contributed by atoms with van der Waals surface area (Å²) in [5, 5.41) is 10.1. The van der Waals surface area contributed by atoms with Gasteiger partial charge in [0.2, 0.25) is 0 Å². The highest BCUT2D eigenvalue weighted by Gasteiger charge is 2.37. The first-order chi connectivity index (χ1) is 11.2. The summed E-state index contributed by atoms with van der Waals surface area (Å²) in [6.07, 6.45) is -0.582. The summed E-state index contributed by atoms with van der Waals surface area (Å²) in [6, 6.07) is 6.53. The van der Waals surface area contributed by atoms with E-state index in [0.29, 0.717) is 24.7 Å². The van der Waals surface area contributed by atoms with Gasteiger partial charge >= 0.3 is 12.1 Å². The third kappa shape index (κ3) is 5.11. The highest BCUT2D eigenvalue weighted by atomic mass is 35.5. The number of carboxylic acids is 1. The van der Waals surface area contributed by atoms with Crippen LogP contribution in [0.25, 0.3) is 0 Å². The number of hydrogen-bond acceptors (Lipinski definition) is 4. The van der Waals surface area contributed by atoms with Crippen molar-refractivity contribution in [3.63, 3.8) is 0 Å². The van der Waals surface area contributed by atoms with Gasteiger partial charge in [-0.25, -0.2) is 9.59 Å². The van der Waals surface area contributed by atoms with E-state index < -0.39 is 23.7 Å². The summed E-state index contributed by atoms with van der Waals surface area (Å²) in [7, 11) is 0. The predicted octanol–water partition coefficient (Wildman–Crippen LogP) is 2.85. The van der Waals surface area contributed by atoms with Crippen LogP contribution >= 0.6 is 11.6 Å². The molecule has 1 aromatic rings.